The molecule has 2 rings (SSSR count). The fraction of sp³-hybridized carbons (Fsp3) is 0.765. The molecule has 3 nitrogen and oxygen atoms in total. The van der Waals surface area contributed by atoms with Gasteiger partial charge in [0.2, 0.25) is 0 Å². The molecule has 1 aliphatic rings. The van der Waals surface area contributed by atoms with Gasteiger partial charge in [0.15, 0.2) is 0 Å². The third-order valence-electron chi connectivity index (χ3n) is 4.54. The molecule has 1 heterocycles. The number of hydrogen-bond donors (Lipinski definition) is 1. The van der Waals surface area contributed by atoms with Crippen LogP contribution in [0.15, 0.2) is 16.7 Å². The van der Waals surface area contributed by atoms with Gasteiger partial charge in [-0.05, 0) is 44.7 Å². The molecule has 0 spiro atoms. The van der Waals surface area contributed by atoms with Crippen LogP contribution in [0.5, 0.6) is 0 Å². The van der Waals surface area contributed by atoms with E-state index >= 15 is 0 Å². The first-order valence-corrected chi connectivity index (χ1v) is 8.05. The van der Waals surface area contributed by atoms with Crippen molar-refractivity contribution in [3.8, 4) is 0 Å². The Morgan fingerprint density at radius 2 is 2.00 bits per heavy atom. The number of furan rings is 1. The van der Waals surface area contributed by atoms with Crippen LogP contribution < -0.4 is 5.32 Å². The van der Waals surface area contributed by atoms with Gasteiger partial charge in [0.1, 0.15) is 5.76 Å². The molecule has 0 radical (unpaired) electrons. The molecule has 0 unspecified atom stereocenters. The van der Waals surface area contributed by atoms with Crippen LogP contribution in [0.2, 0.25) is 0 Å². The molecule has 0 atom stereocenters. The monoisotopic (exact) mass is 278 g/mol. The Bertz CT molecular complexity index is 391. The predicted molar refractivity (Wildman–Crippen MR) is 83.6 cm³/mol. The van der Waals surface area contributed by atoms with E-state index in [-0.39, 0.29) is 0 Å². The molecule has 0 aromatic carbocycles. The Hall–Kier alpha value is -0.800. The van der Waals surface area contributed by atoms with Crippen LogP contribution in [-0.4, -0.2) is 24.0 Å². The van der Waals surface area contributed by atoms with Gasteiger partial charge >= 0.3 is 0 Å². The van der Waals surface area contributed by atoms with E-state index < -0.39 is 0 Å². The molecule has 3 heteroatoms. The minimum absolute atomic E-state index is 0.510. The molecule has 1 fully saturated rings. The van der Waals surface area contributed by atoms with Gasteiger partial charge in [0.25, 0.3) is 0 Å². The van der Waals surface area contributed by atoms with Gasteiger partial charge in [0, 0.05) is 24.2 Å². The van der Waals surface area contributed by atoms with Gasteiger partial charge in [-0.2, -0.15) is 0 Å². The summed E-state index contributed by atoms with van der Waals surface area (Å²) in [5.41, 5.74) is 1.30. The highest BCUT2D eigenvalue weighted by Crippen LogP contribution is 2.27. The molecule has 1 aromatic heterocycles. The summed E-state index contributed by atoms with van der Waals surface area (Å²) >= 11 is 0. The van der Waals surface area contributed by atoms with E-state index in [1.807, 2.05) is 6.26 Å². The van der Waals surface area contributed by atoms with E-state index in [9.17, 15) is 0 Å². The normalized spacial score (nSPS) is 23.7. The lowest BCUT2D eigenvalue weighted by molar-refractivity contribution is 0.154. The highest BCUT2D eigenvalue weighted by Gasteiger charge is 2.22. The van der Waals surface area contributed by atoms with Crippen molar-refractivity contribution in [2.75, 3.05) is 7.05 Å². The van der Waals surface area contributed by atoms with E-state index in [1.165, 1.54) is 31.2 Å². The summed E-state index contributed by atoms with van der Waals surface area (Å²) in [6.45, 7) is 8.56. The summed E-state index contributed by atoms with van der Waals surface area (Å²) in [4.78, 5) is 2.48. The molecule has 0 saturated heterocycles. The summed E-state index contributed by atoms with van der Waals surface area (Å²) in [6, 6.07) is 3.33. The van der Waals surface area contributed by atoms with Crippen LogP contribution in [0.1, 0.15) is 57.8 Å². The van der Waals surface area contributed by atoms with Crippen LogP contribution in [0, 0.1) is 5.92 Å². The van der Waals surface area contributed by atoms with Gasteiger partial charge in [-0.15, -0.1) is 0 Å². The Balaban J connectivity index is 1.87. The van der Waals surface area contributed by atoms with Crippen molar-refractivity contribution in [2.24, 2.45) is 5.92 Å². The van der Waals surface area contributed by atoms with Crippen molar-refractivity contribution >= 4 is 0 Å². The summed E-state index contributed by atoms with van der Waals surface area (Å²) in [5.74, 6) is 2.04. The van der Waals surface area contributed by atoms with Crippen LogP contribution >= 0.6 is 0 Å². The van der Waals surface area contributed by atoms with Crippen molar-refractivity contribution in [1.82, 2.24) is 10.2 Å². The Labute approximate surface area is 123 Å². The molecule has 0 amide bonds. The summed E-state index contributed by atoms with van der Waals surface area (Å²) in [5, 5.41) is 3.47. The second-order valence-corrected chi connectivity index (χ2v) is 6.73. The third kappa shape index (κ3) is 4.35. The van der Waals surface area contributed by atoms with Crippen molar-refractivity contribution in [2.45, 2.75) is 71.6 Å². The van der Waals surface area contributed by atoms with E-state index in [0.717, 1.165) is 30.8 Å². The topological polar surface area (TPSA) is 28.4 Å². The quantitative estimate of drug-likeness (QED) is 0.858. The lowest BCUT2D eigenvalue weighted by Gasteiger charge is -2.33. The minimum atomic E-state index is 0.510. The van der Waals surface area contributed by atoms with E-state index in [0.29, 0.717) is 6.04 Å². The highest BCUT2D eigenvalue weighted by atomic mass is 16.3. The molecule has 1 aliphatic carbocycles. The Morgan fingerprint density at radius 3 is 2.65 bits per heavy atom. The number of rotatable bonds is 6. The molecule has 1 saturated carbocycles. The Kier molecular flexibility index (Phi) is 5.67. The van der Waals surface area contributed by atoms with Crippen LogP contribution in [0.3, 0.4) is 0 Å². The van der Waals surface area contributed by atoms with Crippen LogP contribution in [0.4, 0.5) is 0 Å². The maximum Gasteiger partial charge on any atom is 0.122 e. The first-order valence-electron chi connectivity index (χ1n) is 8.05. The zero-order valence-corrected chi connectivity index (χ0v) is 13.5. The van der Waals surface area contributed by atoms with Gasteiger partial charge in [0.05, 0.1) is 12.8 Å². The van der Waals surface area contributed by atoms with Crippen LogP contribution in [-0.2, 0) is 13.1 Å². The highest BCUT2D eigenvalue weighted by molar-refractivity contribution is 5.17. The molecule has 20 heavy (non-hydrogen) atoms. The molecule has 1 aromatic rings. The molecule has 114 valence electrons. The lowest BCUT2D eigenvalue weighted by Crippen LogP contribution is -2.34. The van der Waals surface area contributed by atoms with Crippen LogP contribution in [0.25, 0.3) is 0 Å². The first kappa shape index (κ1) is 15.6. The molecule has 0 aliphatic heterocycles. The largest absolute Gasteiger partial charge is 0.468 e. The molecular formula is C17H30N2O. The number of hydrogen-bond acceptors (Lipinski definition) is 3. The van der Waals surface area contributed by atoms with Gasteiger partial charge in [-0.1, -0.05) is 20.8 Å². The average molecular weight is 278 g/mol. The molecule has 1 N–H and O–H groups in total. The van der Waals surface area contributed by atoms with Crippen molar-refractivity contribution in [1.29, 1.82) is 0 Å². The van der Waals surface area contributed by atoms with E-state index in [1.54, 1.807) is 0 Å². The molecule has 0 bridgehead atoms. The lowest BCUT2D eigenvalue weighted by atomic mass is 9.87. The standard InChI is InChI=1S/C17H30N2O/c1-13(2)18-11-15-9-10-20-17(15)12-19(4)16-7-5-14(3)6-8-16/h9-10,13-14,16,18H,5-8,11-12H2,1-4H3. The molecular weight excluding hydrogens is 248 g/mol. The van der Waals surface area contributed by atoms with Gasteiger partial charge < -0.3 is 9.73 Å². The fourth-order valence-electron chi connectivity index (χ4n) is 3.02. The third-order valence-corrected chi connectivity index (χ3v) is 4.54. The SMILES string of the molecule is CC1CCC(N(C)Cc2occc2CNC(C)C)CC1. The summed E-state index contributed by atoms with van der Waals surface area (Å²) in [6.07, 6.45) is 7.23. The minimum Gasteiger partial charge on any atom is -0.468 e. The summed E-state index contributed by atoms with van der Waals surface area (Å²) in [7, 11) is 2.24. The zero-order valence-electron chi connectivity index (χ0n) is 13.5. The number of nitrogens with zero attached hydrogens (tertiary/aromatic N) is 1. The van der Waals surface area contributed by atoms with Crippen molar-refractivity contribution in [3.63, 3.8) is 0 Å². The Morgan fingerprint density at radius 1 is 1.30 bits per heavy atom. The maximum atomic E-state index is 5.70. The van der Waals surface area contributed by atoms with E-state index in [2.05, 4.69) is 44.1 Å². The smallest absolute Gasteiger partial charge is 0.122 e. The van der Waals surface area contributed by atoms with Gasteiger partial charge in [-0.3, -0.25) is 4.90 Å². The van der Waals surface area contributed by atoms with E-state index in [4.69, 9.17) is 4.42 Å². The van der Waals surface area contributed by atoms with Crippen molar-refractivity contribution in [3.05, 3.63) is 23.7 Å². The number of nitrogens with one attached hydrogen (secondary N) is 1. The van der Waals surface area contributed by atoms with Crippen molar-refractivity contribution < 1.29 is 4.42 Å². The summed E-state index contributed by atoms with van der Waals surface area (Å²) < 4.78 is 5.70. The zero-order chi connectivity index (χ0) is 14.5. The maximum absolute atomic E-state index is 5.70. The second kappa shape index (κ2) is 7.28. The van der Waals surface area contributed by atoms with Gasteiger partial charge in [-0.25, -0.2) is 0 Å². The fourth-order valence-corrected chi connectivity index (χ4v) is 3.02. The average Bonchev–Trinajstić information content (AvgIpc) is 2.84. The predicted octanol–water partition coefficient (Wildman–Crippen LogP) is 3.79. The second-order valence-electron chi connectivity index (χ2n) is 6.73. The first-order chi connectivity index (χ1) is 9.56.